The number of alkyl halides is 3. The number of carbonyl (C=O) groups excluding carboxylic acids is 1. The number of H-pyrrole nitrogens is 1. The summed E-state index contributed by atoms with van der Waals surface area (Å²) in [5, 5.41) is -0.290. The second-order valence-corrected chi connectivity index (χ2v) is 7.66. The lowest BCUT2D eigenvalue weighted by Crippen LogP contribution is -2.41. The van der Waals surface area contributed by atoms with Crippen molar-refractivity contribution >= 4 is 17.6 Å². The van der Waals surface area contributed by atoms with Gasteiger partial charge in [-0.1, -0.05) is 11.6 Å². The van der Waals surface area contributed by atoms with E-state index in [2.05, 4.69) is 4.98 Å². The Labute approximate surface area is 205 Å². The molecule has 0 bridgehead atoms. The molecule has 36 heavy (non-hydrogen) atoms. The first kappa shape index (κ1) is 26.7. The van der Waals surface area contributed by atoms with Crippen molar-refractivity contribution in [3.8, 4) is 23.1 Å². The Balaban J connectivity index is 2.06. The lowest BCUT2D eigenvalue weighted by Gasteiger charge is -2.16. The Morgan fingerprint density at radius 3 is 2.53 bits per heavy atom. The molecular formula is C22H19ClF4N3O6+. The van der Waals surface area contributed by atoms with Crippen molar-refractivity contribution in [3.05, 3.63) is 73.9 Å². The minimum Gasteiger partial charge on any atom is -0.463 e. The molecule has 3 rings (SSSR count). The normalized spacial score (nSPS) is 12.2. The zero-order valence-corrected chi connectivity index (χ0v) is 19.7. The highest BCUT2D eigenvalue weighted by Gasteiger charge is 2.35. The van der Waals surface area contributed by atoms with E-state index in [9.17, 15) is 31.9 Å². The largest absolute Gasteiger partial charge is 0.463 e. The maximum atomic E-state index is 14.7. The summed E-state index contributed by atoms with van der Waals surface area (Å²) in [5.41, 5.74) is -5.06. The third kappa shape index (κ3) is 5.51. The Morgan fingerprint density at radius 1 is 1.19 bits per heavy atom. The molecule has 2 heterocycles. The van der Waals surface area contributed by atoms with Gasteiger partial charge in [-0.05, 0) is 26.0 Å². The number of aromatic amines is 1. The zero-order valence-electron chi connectivity index (χ0n) is 19.0. The molecular weight excluding hydrogens is 514 g/mol. The quantitative estimate of drug-likeness (QED) is 0.342. The summed E-state index contributed by atoms with van der Waals surface area (Å²) in [5.74, 6) is -2.16. The first-order chi connectivity index (χ1) is 16.8. The molecule has 0 spiro atoms. The number of pyridine rings is 1. The first-order valence-corrected chi connectivity index (χ1v) is 10.6. The number of benzene rings is 1. The molecule has 0 saturated heterocycles. The van der Waals surface area contributed by atoms with E-state index in [-0.39, 0.29) is 44.2 Å². The molecule has 3 aromatic rings. The van der Waals surface area contributed by atoms with Crippen LogP contribution in [-0.2, 0) is 22.8 Å². The predicted octanol–water partition coefficient (Wildman–Crippen LogP) is 3.28. The zero-order chi connectivity index (χ0) is 26.8. The van der Waals surface area contributed by atoms with Gasteiger partial charge in [0.2, 0.25) is 5.75 Å². The number of halogens is 5. The highest BCUT2D eigenvalue weighted by molar-refractivity contribution is 6.32. The fourth-order valence-corrected chi connectivity index (χ4v) is 3.26. The molecule has 1 N–H and O–H groups in total. The van der Waals surface area contributed by atoms with Gasteiger partial charge in [-0.15, -0.1) is 0 Å². The van der Waals surface area contributed by atoms with E-state index in [4.69, 9.17) is 25.8 Å². The SMILES string of the molecule is CCOC(=O)C(C)Oc1[nH+]cccc1Oc1cc(-n2c(=O)cc(C(F)(F)F)n(C)c2=O)c(F)cc1Cl. The van der Waals surface area contributed by atoms with E-state index in [0.717, 1.165) is 19.2 Å². The Hall–Kier alpha value is -3.87. The summed E-state index contributed by atoms with van der Waals surface area (Å²) in [4.78, 5) is 39.6. The Bertz CT molecular complexity index is 1420. The van der Waals surface area contributed by atoms with Gasteiger partial charge < -0.3 is 14.2 Å². The number of aromatic nitrogens is 3. The molecule has 0 saturated carbocycles. The van der Waals surface area contributed by atoms with Crippen molar-refractivity contribution in [2.75, 3.05) is 6.61 Å². The number of ether oxygens (including phenoxy) is 3. The van der Waals surface area contributed by atoms with Crippen molar-refractivity contribution in [3.63, 3.8) is 0 Å². The van der Waals surface area contributed by atoms with Crippen LogP contribution < -0.4 is 25.7 Å². The minimum absolute atomic E-state index is 0.0271. The predicted molar refractivity (Wildman–Crippen MR) is 117 cm³/mol. The van der Waals surface area contributed by atoms with Crippen LogP contribution in [0.4, 0.5) is 17.6 Å². The van der Waals surface area contributed by atoms with Gasteiger partial charge in [0.15, 0.2) is 12.3 Å². The monoisotopic (exact) mass is 532 g/mol. The summed E-state index contributed by atoms with van der Waals surface area (Å²) in [6.45, 7) is 3.18. The van der Waals surface area contributed by atoms with Crippen LogP contribution >= 0.6 is 11.6 Å². The molecule has 14 heteroatoms. The molecule has 0 radical (unpaired) electrons. The summed E-state index contributed by atoms with van der Waals surface area (Å²) < 4.78 is 70.6. The fourth-order valence-electron chi connectivity index (χ4n) is 3.07. The number of hydrogen-bond donors (Lipinski definition) is 0. The van der Waals surface area contributed by atoms with E-state index < -0.39 is 46.7 Å². The molecule has 1 unspecified atom stereocenters. The third-order valence-electron chi connectivity index (χ3n) is 4.77. The van der Waals surface area contributed by atoms with Gasteiger partial charge in [-0.25, -0.2) is 18.5 Å². The molecule has 0 aliphatic heterocycles. The highest BCUT2D eigenvalue weighted by Crippen LogP contribution is 2.35. The third-order valence-corrected chi connectivity index (χ3v) is 5.06. The molecule has 1 atom stereocenters. The van der Waals surface area contributed by atoms with Crippen molar-refractivity contribution in [1.29, 1.82) is 0 Å². The summed E-state index contributed by atoms with van der Waals surface area (Å²) >= 11 is 6.07. The van der Waals surface area contributed by atoms with Crippen LogP contribution in [0.3, 0.4) is 0 Å². The number of nitrogens with one attached hydrogen (secondary N) is 1. The van der Waals surface area contributed by atoms with Crippen LogP contribution in [0.5, 0.6) is 17.4 Å². The highest BCUT2D eigenvalue weighted by atomic mass is 35.5. The van der Waals surface area contributed by atoms with Gasteiger partial charge in [0.25, 0.3) is 5.56 Å². The fraction of sp³-hybridized carbons (Fsp3) is 0.273. The number of nitrogens with zero attached hydrogens (tertiary/aromatic N) is 2. The molecule has 192 valence electrons. The summed E-state index contributed by atoms with van der Waals surface area (Å²) in [6.07, 6.45) is -4.57. The van der Waals surface area contributed by atoms with Crippen molar-refractivity contribution in [2.45, 2.75) is 26.1 Å². The van der Waals surface area contributed by atoms with Gasteiger partial charge in [0.1, 0.15) is 17.3 Å². The van der Waals surface area contributed by atoms with E-state index in [0.29, 0.717) is 0 Å². The number of carbonyl (C=O) groups is 1. The van der Waals surface area contributed by atoms with Crippen LogP contribution in [-0.4, -0.2) is 27.8 Å². The smallest absolute Gasteiger partial charge is 0.431 e. The second kappa shape index (κ2) is 10.4. The van der Waals surface area contributed by atoms with E-state index in [1.807, 2.05) is 0 Å². The lowest BCUT2D eigenvalue weighted by molar-refractivity contribution is -0.397. The maximum absolute atomic E-state index is 14.7. The number of esters is 1. The lowest BCUT2D eigenvalue weighted by atomic mass is 10.2. The van der Waals surface area contributed by atoms with Gasteiger partial charge in [0.05, 0.1) is 17.3 Å². The number of hydrogen-bond acceptors (Lipinski definition) is 6. The second-order valence-electron chi connectivity index (χ2n) is 7.25. The minimum atomic E-state index is -4.99. The van der Waals surface area contributed by atoms with Gasteiger partial charge in [-0.2, -0.15) is 18.2 Å². The van der Waals surface area contributed by atoms with Crippen molar-refractivity contribution < 1.29 is 41.6 Å². The molecule has 0 fully saturated rings. The molecule has 0 aliphatic carbocycles. The average molecular weight is 533 g/mol. The topological polar surface area (TPSA) is 103 Å². The molecule has 0 amide bonds. The molecule has 0 aliphatic rings. The first-order valence-electron chi connectivity index (χ1n) is 10.3. The van der Waals surface area contributed by atoms with Gasteiger partial charge in [0, 0.05) is 25.2 Å². The van der Waals surface area contributed by atoms with Crippen molar-refractivity contribution in [1.82, 2.24) is 9.13 Å². The Kier molecular flexibility index (Phi) is 7.72. The van der Waals surface area contributed by atoms with E-state index in [1.54, 1.807) is 6.92 Å². The van der Waals surface area contributed by atoms with Crippen LogP contribution in [0.1, 0.15) is 19.5 Å². The Morgan fingerprint density at radius 2 is 1.89 bits per heavy atom. The number of rotatable bonds is 7. The van der Waals surface area contributed by atoms with E-state index >= 15 is 0 Å². The average Bonchev–Trinajstić information content (AvgIpc) is 2.79. The summed E-state index contributed by atoms with van der Waals surface area (Å²) in [6, 6.07) is 4.69. The summed E-state index contributed by atoms with van der Waals surface area (Å²) in [7, 11) is 0.792. The van der Waals surface area contributed by atoms with E-state index in [1.165, 1.54) is 25.3 Å². The van der Waals surface area contributed by atoms with Gasteiger partial charge in [-0.3, -0.25) is 9.36 Å². The maximum Gasteiger partial charge on any atom is 0.431 e. The molecule has 9 nitrogen and oxygen atoms in total. The van der Waals surface area contributed by atoms with Crippen molar-refractivity contribution in [2.24, 2.45) is 7.05 Å². The van der Waals surface area contributed by atoms with Crippen LogP contribution in [0.2, 0.25) is 5.02 Å². The van der Waals surface area contributed by atoms with Crippen LogP contribution in [0.25, 0.3) is 5.69 Å². The standard InChI is InChI=1S/C22H18ClF4N3O6/c1-4-34-20(32)11(2)35-19-15(6-5-7-28-19)36-16-9-14(13(24)8-12(16)23)30-18(31)10-17(22(25,26)27)29(3)21(30)33/h5-11H,4H2,1-3H3/p+1. The van der Waals surface area contributed by atoms with Crippen LogP contribution in [0, 0.1) is 5.82 Å². The van der Waals surface area contributed by atoms with Gasteiger partial charge >= 0.3 is 23.7 Å². The van der Waals surface area contributed by atoms with Crippen LogP contribution in [0.15, 0.2) is 46.1 Å². The molecule has 2 aromatic heterocycles. The molecule has 1 aromatic carbocycles.